The van der Waals surface area contributed by atoms with E-state index in [-0.39, 0.29) is 27.0 Å². The number of aryl methyl sites for hydroxylation is 1. The molecule has 0 bridgehead atoms. The van der Waals surface area contributed by atoms with Gasteiger partial charge in [-0.2, -0.15) is 0 Å². The van der Waals surface area contributed by atoms with Crippen molar-refractivity contribution in [2.75, 3.05) is 24.4 Å². The molecule has 2 heterocycles. The summed E-state index contributed by atoms with van der Waals surface area (Å²) in [6, 6.07) is 23.0. The Hall–Kier alpha value is -4.94. The number of hydrogen-bond donors (Lipinski definition) is 2. The summed E-state index contributed by atoms with van der Waals surface area (Å²) in [5.41, 5.74) is 4.82. The van der Waals surface area contributed by atoms with Crippen molar-refractivity contribution in [3.8, 4) is 11.5 Å². The molecular formula is C30H25N5O5S2. The molecule has 212 valence electrons. The van der Waals surface area contributed by atoms with Crippen LogP contribution >= 0.6 is 23.1 Å². The Morgan fingerprint density at radius 3 is 2.19 bits per heavy atom. The summed E-state index contributed by atoms with van der Waals surface area (Å²) >= 11 is 2.17. The van der Waals surface area contributed by atoms with Gasteiger partial charge in [-0.3, -0.25) is 24.6 Å². The van der Waals surface area contributed by atoms with E-state index >= 15 is 0 Å². The Balaban J connectivity index is 1.34. The van der Waals surface area contributed by atoms with Gasteiger partial charge in [0.1, 0.15) is 16.4 Å². The molecule has 10 nitrogen and oxygen atoms in total. The molecule has 2 N–H and O–H groups in total. The highest BCUT2D eigenvalue weighted by atomic mass is 32.2. The minimum Gasteiger partial charge on any atom is -0.497 e. The summed E-state index contributed by atoms with van der Waals surface area (Å²) in [5.74, 6) is 0.187. The molecule has 1 aliphatic rings. The smallest absolute Gasteiger partial charge is 0.283 e. The standard InChI is InChI=1S/C30H25N5O5S2/c1-18-25(42-29(31-18)32-26(36)20-11-15-23(40-3)16-12-20)27(37)33-34-30-35(21-7-5-4-6-8-21)28(38)24(41-30)17-19-9-13-22(39-2)14-10-19/h4-17H,1-3H3,(H,33,37)(H,31,32,36)/b24-17-,34-30-. The van der Waals surface area contributed by atoms with Crippen LogP contribution in [0.3, 0.4) is 0 Å². The van der Waals surface area contributed by atoms with Crippen LogP contribution in [-0.2, 0) is 4.79 Å². The summed E-state index contributed by atoms with van der Waals surface area (Å²) < 4.78 is 10.3. The Morgan fingerprint density at radius 1 is 0.905 bits per heavy atom. The van der Waals surface area contributed by atoms with Crippen LogP contribution in [-0.4, -0.2) is 42.1 Å². The van der Waals surface area contributed by atoms with E-state index in [0.29, 0.717) is 33.3 Å². The molecular weight excluding hydrogens is 574 g/mol. The van der Waals surface area contributed by atoms with Crippen molar-refractivity contribution in [1.82, 2.24) is 10.4 Å². The van der Waals surface area contributed by atoms with Crippen LogP contribution in [0, 0.1) is 6.92 Å². The minimum atomic E-state index is -0.518. The zero-order valence-corrected chi connectivity index (χ0v) is 24.4. The lowest BCUT2D eigenvalue weighted by Gasteiger charge is -2.15. The normalized spacial score (nSPS) is 14.7. The fourth-order valence-corrected chi connectivity index (χ4v) is 5.72. The number of benzene rings is 3. The molecule has 12 heteroatoms. The number of rotatable bonds is 8. The third kappa shape index (κ3) is 6.35. The molecule has 3 amide bonds. The number of hydrogen-bond acceptors (Lipinski definition) is 9. The largest absolute Gasteiger partial charge is 0.497 e. The predicted molar refractivity (Wildman–Crippen MR) is 165 cm³/mol. The lowest BCUT2D eigenvalue weighted by Crippen LogP contribution is -2.31. The van der Waals surface area contributed by atoms with Crippen LogP contribution < -0.4 is 25.1 Å². The molecule has 1 fully saturated rings. The predicted octanol–water partition coefficient (Wildman–Crippen LogP) is 5.54. The van der Waals surface area contributed by atoms with Gasteiger partial charge in [0.05, 0.1) is 30.5 Å². The van der Waals surface area contributed by atoms with E-state index in [1.54, 1.807) is 63.6 Å². The number of thioether (sulfide) groups is 1. The number of nitrogens with zero attached hydrogens (tertiary/aromatic N) is 3. The van der Waals surface area contributed by atoms with Crippen LogP contribution in [0.4, 0.5) is 10.8 Å². The first kappa shape index (κ1) is 28.6. The summed E-state index contributed by atoms with van der Waals surface area (Å²) in [4.78, 5) is 45.7. The number of nitrogens with one attached hydrogen (secondary N) is 2. The zero-order valence-electron chi connectivity index (χ0n) is 22.8. The second-order valence-electron chi connectivity index (χ2n) is 8.81. The third-order valence-corrected chi connectivity index (χ3v) is 8.10. The minimum absolute atomic E-state index is 0.271. The first-order valence-electron chi connectivity index (χ1n) is 12.6. The number of carbonyl (C=O) groups excluding carboxylic acids is 3. The number of methoxy groups -OCH3 is 2. The molecule has 1 aliphatic heterocycles. The number of ether oxygens (including phenoxy) is 2. The van der Waals surface area contributed by atoms with Crippen molar-refractivity contribution in [2.45, 2.75) is 6.92 Å². The van der Waals surface area contributed by atoms with Gasteiger partial charge in [0, 0.05) is 5.56 Å². The van der Waals surface area contributed by atoms with Crippen molar-refractivity contribution in [3.63, 3.8) is 0 Å². The number of para-hydroxylation sites is 1. The number of amidine groups is 1. The van der Waals surface area contributed by atoms with Gasteiger partial charge in [0.2, 0.25) is 0 Å². The second-order valence-corrected chi connectivity index (χ2v) is 10.8. The highest BCUT2D eigenvalue weighted by Crippen LogP contribution is 2.36. The van der Waals surface area contributed by atoms with Gasteiger partial charge in [-0.25, -0.2) is 10.4 Å². The van der Waals surface area contributed by atoms with Gasteiger partial charge in [0.15, 0.2) is 10.3 Å². The van der Waals surface area contributed by atoms with Gasteiger partial charge in [-0.05, 0) is 78.9 Å². The van der Waals surface area contributed by atoms with Crippen molar-refractivity contribution in [2.24, 2.45) is 5.10 Å². The van der Waals surface area contributed by atoms with Gasteiger partial charge < -0.3 is 9.47 Å². The summed E-state index contributed by atoms with van der Waals surface area (Å²) in [6.45, 7) is 1.67. The molecule has 0 atom stereocenters. The molecule has 0 saturated carbocycles. The Kier molecular flexibility index (Phi) is 8.65. The monoisotopic (exact) mass is 599 g/mol. The van der Waals surface area contributed by atoms with E-state index < -0.39 is 5.91 Å². The highest BCUT2D eigenvalue weighted by Gasteiger charge is 2.35. The van der Waals surface area contributed by atoms with Gasteiger partial charge in [0.25, 0.3) is 17.7 Å². The van der Waals surface area contributed by atoms with Crippen molar-refractivity contribution in [1.29, 1.82) is 0 Å². The molecule has 0 aliphatic carbocycles. The molecule has 0 spiro atoms. The maximum absolute atomic E-state index is 13.4. The average molecular weight is 600 g/mol. The average Bonchev–Trinajstić information content (AvgIpc) is 3.54. The lowest BCUT2D eigenvalue weighted by atomic mass is 10.2. The topological polar surface area (TPSA) is 122 Å². The molecule has 1 saturated heterocycles. The van der Waals surface area contributed by atoms with Gasteiger partial charge in [-0.15, -0.1) is 5.10 Å². The number of amides is 3. The number of aromatic nitrogens is 1. The molecule has 1 aromatic heterocycles. The van der Waals surface area contributed by atoms with Crippen LogP contribution in [0.2, 0.25) is 0 Å². The van der Waals surface area contributed by atoms with Crippen LogP contribution in [0.5, 0.6) is 11.5 Å². The Bertz CT molecular complexity index is 1680. The molecule has 5 rings (SSSR count). The summed E-state index contributed by atoms with van der Waals surface area (Å²) in [5, 5.41) is 7.58. The van der Waals surface area contributed by atoms with Crippen molar-refractivity contribution < 1.29 is 23.9 Å². The van der Waals surface area contributed by atoms with Crippen LogP contribution in [0.15, 0.2) is 88.9 Å². The fourth-order valence-electron chi connectivity index (χ4n) is 3.93. The molecule has 0 unspecified atom stereocenters. The lowest BCUT2D eigenvalue weighted by molar-refractivity contribution is -0.113. The number of thiazole rings is 1. The molecule has 42 heavy (non-hydrogen) atoms. The Labute approximate surface area is 250 Å². The van der Waals surface area contributed by atoms with Crippen LogP contribution in [0.25, 0.3) is 6.08 Å². The number of carbonyl (C=O) groups is 3. The number of anilines is 2. The number of hydrazone groups is 1. The maximum atomic E-state index is 13.4. The van der Waals surface area contributed by atoms with E-state index in [2.05, 4.69) is 20.8 Å². The quantitative estimate of drug-likeness (QED) is 0.201. The van der Waals surface area contributed by atoms with E-state index in [0.717, 1.165) is 28.7 Å². The summed E-state index contributed by atoms with van der Waals surface area (Å²) in [6.07, 6.45) is 1.76. The third-order valence-electron chi connectivity index (χ3n) is 6.06. The SMILES string of the molecule is COc1ccc(/C=C2\S/C(=N\NC(=O)c3sc(NC(=O)c4ccc(OC)cc4)nc3C)N(c3ccccc3)C2=O)cc1. The van der Waals surface area contributed by atoms with Crippen LogP contribution in [0.1, 0.15) is 31.3 Å². The molecule has 4 aromatic rings. The van der Waals surface area contributed by atoms with E-state index in [4.69, 9.17) is 9.47 Å². The van der Waals surface area contributed by atoms with Crippen molar-refractivity contribution in [3.05, 3.63) is 105 Å². The molecule has 3 aromatic carbocycles. The first-order chi connectivity index (χ1) is 20.4. The van der Waals surface area contributed by atoms with E-state index in [1.807, 2.05) is 42.5 Å². The zero-order chi connectivity index (χ0) is 29.6. The van der Waals surface area contributed by atoms with Gasteiger partial charge >= 0.3 is 0 Å². The maximum Gasteiger partial charge on any atom is 0.283 e. The second kappa shape index (κ2) is 12.7. The van der Waals surface area contributed by atoms with Gasteiger partial charge in [-0.1, -0.05) is 41.7 Å². The highest BCUT2D eigenvalue weighted by molar-refractivity contribution is 8.19. The molecule has 0 radical (unpaired) electrons. The van der Waals surface area contributed by atoms with E-state index in [9.17, 15) is 14.4 Å². The first-order valence-corrected chi connectivity index (χ1v) is 14.2. The van der Waals surface area contributed by atoms with Crippen molar-refractivity contribution >= 4 is 62.9 Å². The fraction of sp³-hybridized carbons (Fsp3) is 0.100. The van der Waals surface area contributed by atoms with E-state index in [1.165, 1.54) is 4.90 Å². The summed E-state index contributed by atoms with van der Waals surface area (Å²) in [7, 11) is 3.14. The Morgan fingerprint density at radius 2 is 1.55 bits per heavy atom.